The molecule has 0 aliphatic heterocycles. The lowest BCUT2D eigenvalue weighted by atomic mass is 9.75. The Hall–Kier alpha value is -0.625. The van der Waals surface area contributed by atoms with Gasteiger partial charge in [0.15, 0.2) is 0 Å². The summed E-state index contributed by atoms with van der Waals surface area (Å²) in [5, 5.41) is 36.8. The fourth-order valence-electron chi connectivity index (χ4n) is 4.06. The van der Waals surface area contributed by atoms with E-state index in [9.17, 15) is 15.0 Å². The molecule has 0 amide bonds. The number of nitrogens with two attached hydrogens (primary N) is 1. The maximum Gasteiger partial charge on any atom is 0.451 e. The Bertz CT molecular complexity index is 353. The smallest absolute Gasteiger partial charge is 0.451 e. The number of rotatable bonds is 5. The van der Waals surface area contributed by atoms with Crippen molar-refractivity contribution in [2.45, 2.75) is 50.1 Å². The Morgan fingerprint density at radius 1 is 1.37 bits per heavy atom. The average Bonchev–Trinajstić information content (AvgIpc) is 2.74. The molecule has 0 heterocycles. The molecular weight excluding hydrogens is 249 g/mol. The van der Waals surface area contributed by atoms with Gasteiger partial charge in [-0.3, -0.25) is 4.79 Å². The van der Waals surface area contributed by atoms with Gasteiger partial charge in [0.25, 0.3) is 0 Å². The number of aliphatic hydroxyl groups is 1. The SMILES string of the molecule is N[C@@]1(C(=O)O)C[C@H]2C[C@@H](O)C[C@H]2[C@@H]1CCCB(O)O. The first-order valence-electron chi connectivity index (χ1n) is 6.91. The number of carboxylic acid groups (broad SMARTS) is 1. The third kappa shape index (κ3) is 2.79. The van der Waals surface area contributed by atoms with Gasteiger partial charge in [0.2, 0.25) is 0 Å². The fourth-order valence-corrected chi connectivity index (χ4v) is 4.06. The van der Waals surface area contributed by atoms with Crippen molar-refractivity contribution in [2.75, 3.05) is 0 Å². The quantitative estimate of drug-likeness (QED) is 0.426. The van der Waals surface area contributed by atoms with Crippen LogP contribution in [0.15, 0.2) is 0 Å². The maximum absolute atomic E-state index is 11.5. The highest BCUT2D eigenvalue weighted by atomic mass is 16.4. The highest BCUT2D eigenvalue weighted by molar-refractivity contribution is 6.40. The zero-order valence-corrected chi connectivity index (χ0v) is 10.9. The van der Waals surface area contributed by atoms with Crippen LogP contribution in [0.4, 0.5) is 0 Å². The molecule has 0 bridgehead atoms. The highest BCUT2D eigenvalue weighted by Gasteiger charge is 2.57. The maximum atomic E-state index is 11.5. The van der Waals surface area contributed by atoms with Crippen LogP contribution in [-0.4, -0.2) is 45.0 Å². The minimum absolute atomic E-state index is 0.145. The Labute approximate surface area is 112 Å². The molecule has 0 spiro atoms. The highest BCUT2D eigenvalue weighted by Crippen LogP contribution is 2.53. The number of aliphatic hydroxyl groups excluding tert-OH is 1. The molecular formula is C12H22BNO5. The lowest BCUT2D eigenvalue weighted by Gasteiger charge is -2.30. The molecule has 2 fully saturated rings. The van der Waals surface area contributed by atoms with Crippen LogP contribution < -0.4 is 5.73 Å². The van der Waals surface area contributed by atoms with E-state index in [4.69, 9.17) is 15.8 Å². The van der Waals surface area contributed by atoms with E-state index in [0.717, 1.165) is 0 Å². The van der Waals surface area contributed by atoms with Crippen molar-refractivity contribution in [3.8, 4) is 0 Å². The fraction of sp³-hybridized carbons (Fsp3) is 0.917. The summed E-state index contributed by atoms with van der Waals surface area (Å²) >= 11 is 0. The molecule has 0 saturated heterocycles. The van der Waals surface area contributed by atoms with Crippen LogP contribution in [0.1, 0.15) is 32.1 Å². The lowest BCUT2D eigenvalue weighted by molar-refractivity contribution is -0.145. The van der Waals surface area contributed by atoms with Crippen LogP contribution in [0.25, 0.3) is 0 Å². The van der Waals surface area contributed by atoms with Crippen LogP contribution in [0, 0.1) is 17.8 Å². The van der Waals surface area contributed by atoms with Crippen molar-refractivity contribution in [2.24, 2.45) is 23.5 Å². The van der Waals surface area contributed by atoms with E-state index in [1.54, 1.807) is 0 Å². The Balaban J connectivity index is 2.07. The number of carbonyl (C=O) groups is 1. The molecule has 0 aromatic carbocycles. The minimum atomic E-state index is -1.36. The van der Waals surface area contributed by atoms with Gasteiger partial charge in [0.1, 0.15) is 5.54 Å². The van der Waals surface area contributed by atoms with E-state index in [-0.39, 0.29) is 30.2 Å². The van der Waals surface area contributed by atoms with Crippen molar-refractivity contribution in [3.05, 3.63) is 0 Å². The van der Waals surface area contributed by atoms with Gasteiger partial charge >= 0.3 is 13.1 Å². The summed E-state index contributed by atoms with van der Waals surface area (Å²) < 4.78 is 0. The van der Waals surface area contributed by atoms with E-state index in [1.807, 2.05) is 0 Å². The molecule has 108 valence electrons. The van der Waals surface area contributed by atoms with Crippen LogP contribution in [0.3, 0.4) is 0 Å². The van der Waals surface area contributed by atoms with Gasteiger partial charge in [0, 0.05) is 0 Å². The van der Waals surface area contributed by atoms with Crippen LogP contribution in [0.2, 0.25) is 6.32 Å². The second-order valence-corrected chi connectivity index (χ2v) is 6.12. The van der Waals surface area contributed by atoms with Gasteiger partial charge in [-0.1, -0.05) is 6.42 Å². The molecule has 0 unspecified atom stereocenters. The first-order chi connectivity index (χ1) is 8.84. The Kier molecular flexibility index (Phi) is 4.20. The number of hydrogen-bond acceptors (Lipinski definition) is 5. The molecule has 5 atom stereocenters. The predicted octanol–water partition coefficient (Wildman–Crippen LogP) is -0.572. The van der Waals surface area contributed by atoms with Gasteiger partial charge in [0.05, 0.1) is 6.10 Å². The van der Waals surface area contributed by atoms with Crippen molar-refractivity contribution in [3.63, 3.8) is 0 Å². The number of hydrogen-bond donors (Lipinski definition) is 5. The third-order valence-corrected chi connectivity index (χ3v) is 4.88. The molecule has 0 aromatic rings. The monoisotopic (exact) mass is 271 g/mol. The summed E-state index contributed by atoms with van der Waals surface area (Å²) in [7, 11) is -1.36. The first kappa shape index (κ1) is 14.8. The summed E-state index contributed by atoms with van der Waals surface area (Å²) in [6, 6.07) is 0. The molecule has 7 heteroatoms. The van der Waals surface area contributed by atoms with Crippen molar-refractivity contribution in [1.82, 2.24) is 0 Å². The molecule has 0 radical (unpaired) electrons. The third-order valence-electron chi connectivity index (χ3n) is 4.88. The van der Waals surface area contributed by atoms with E-state index >= 15 is 0 Å². The van der Waals surface area contributed by atoms with Crippen LogP contribution >= 0.6 is 0 Å². The Morgan fingerprint density at radius 3 is 2.63 bits per heavy atom. The van der Waals surface area contributed by atoms with Gasteiger partial charge in [-0.05, 0) is 49.8 Å². The molecule has 2 aliphatic carbocycles. The zero-order chi connectivity index (χ0) is 14.2. The minimum Gasteiger partial charge on any atom is -0.480 e. The second-order valence-electron chi connectivity index (χ2n) is 6.12. The van der Waals surface area contributed by atoms with E-state index < -0.39 is 18.6 Å². The largest absolute Gasteiger partial charge is 0.480 e. The van der Waals surface area contributed by atoms with Crippen molar-refractivity contribution in [1.29, 1.82) is 0 Å². The standard InChI is InChI=1S/C12H22BNO5/c14-12(11(16)17)6-7-4-8(15)5-9(7)10(12)2-1-3-13(18)19/h7-10,15,18-19H,1-6,14H2,(H,16,17)/t7-,8-,9-,10+,12+/m1/s1. The van der Waals surface area contributed by atoms with Gasteiger partial charge in [-0.2, -0.15) is 0 Å². The van der Waals surface area contributed by atoms with Crippen molar-refractivity contribution >= 4 is 13.1 Å². The van der Waals surface area contributed by atoms with Crippen LogP contribution in [-0.2, 0) is 4.79 Å². The second kappa shape index (κ2) is 5.40. The summed E-state index contributed by atoms with van der Waals surface area (Å²) in [6.45, 7) is 0. The molecule has 2 saturated carbocycles. The topological polar surface area (TPSA) is 124 Å². The van der Waals surface area contributed by atoms with Crippen LogP contribution in [0.5, 0.6) is 0 Å². The zero-order valence-electron chi connectivity index (χ0n) is 10.9. The molecule has 6 N–H and O–H groups in total. The van der Waals surface area contributed by atoms with E-state index in [2.05, 4.69) is 0 Å². The average molecular weight is 271 g/mol. The number of carboxylic acids is 1. The van der Waals surface area contributed by atoms with Gasteiger partial charge in [-0.25, -0.2) is 0 Å². The lowest BCUT2D eigenvalue weighted by Crippen LogP contribution is -2.52. The van der Waals surface area contributed by atoms with Crippen molar-refractivity contribution < 1.29 is 25.1 Å². The van der Waals surface area contributed by atoms with E-state index in [1.165, 1.54) is 0 Å². The summed E-state index contributed by atoms with van der Waals surface area (Å²) in [5.74, 6) is -0.844. The molecule has 0 aromatic heterocycles. The van der Waals surface area contributed by atoms with Gasteiger partial charge < -0.3 is 26.0 Å². The number of fused-ring (bicyclic) bond motifs is 1. The van der Waals surface area contributed by atoms with Gasteiger partial charge in [-0.15, -0.1) is 0 Å². The summed E-state index contributed by atoms with van der Waals surface area (Å²) in [6.07, 6.45) is 2.64. The predicted molar refractivity (Wildman–Crippen MR) is 69.1 cm³/mol. The molecule has 6 nitrogen and oxygen atoms in total. The number of aliphatic carboxylic acids is 1. The van der Waals surface area contributed by atoms with E-state index in [0.29, 0.717) is 32.1 Å². The summed E-state index contributed by atoms with van der Waals surface area (Å²) in [4.78, 5) is 11.5. The molecule has 2 aliphatic rings. The molecule has 2 rings (SSSR count). The summed E-state index contributed by atoms with van der Waals surface area (Å²) in [5.41, 5.74) is 4.87. The Morgan fingerprint density at radius 2 is 2.05 bits per heavy atom. The first-order valence-corrected chi connectivity index (χ1v) is 6.91. The molecule has 19 heavy (non-hydrogen) atoms. The normalized spacial score (nSPS) is 41.3.